The number of fused-ring (bicyclic) bond motifs is 3. The first-order chi connectivity index (χ1) is 10.3. The number of rotatable bonds is 3. The molecule has 0 aromatic heterocycles. The van der Waals surface area contributed by atoms with Gasteiger partial charge in [0.05, 0.1) is 12.7 Å². The molecule has 0 amide bonds. The summed E-state index contributed by atoms with van der Waals surface area (Å²) in [6, 6.07) is 0. The molecule has 6 atom stereocenters. The van der Waals surface area contributed by atoms with Gasteiger partial charge in [0.2, 0.25) is 0 Å². The third kappa shape index (κ3) is 1.79. The molecule has 0 radical (unpaired) electrons. The van der Waals surface area contributed by atoms with Gasteiger partial charge >= 0.3 is 5.97 Å². The lowest BCUT2D eigenvalue weighted by atomic mass is 9.58. The van der Waals surface area contributed by atoms with Crippen LogP contribution in [0.15, 0.2) is 36.0 Å². The molecular weight excluding hydrogens is 284 g/mol. The van der Waals surface area contributed by atoms with E-state index in [1.54, 1.807) is 6.08 Å². The van der Waals surface area contributed by atoms with E-state index in [-0.39, 0.29) is 18.6 Å². The van der Waals surface area contributed by atoms with Gasteiger partial charge in [-0.15, -0.1) is 0 Å². The lowest BCUT2D eigenvalue weighted by molar-refractivity contribution is -0.146. The number of aliphatic hydroxyl groups is 2. The molecule has 1 unspecified atom stereocenters. The van der Waals surface area contributed by atoms with Crippen molar-refractivity contribution in [3.05, 3.63) is 36.0 Å². The van der Waals surface area contributed by atoms with Crippen LogP contribution in [0.1, 0.15) is 20.8 Å². The maximum atomic E-state index is 11.4. The van der Waals surface area contributed by atoms with Crippen molar-refractivity contribution >= 4 is 5.97 Å². The Kier molecular flexibility index (Phi) is 3.36. The zero-order valence-corrected chi connectivity index (χ0v) is 13.1. The number of hydrogen-bond donors (Lipinski definition) is 2. The minimum atomic E-state index is -0.891. The van der Waals surface area contributed by atoms with Crippen molar-refractivity contribution in [2.45, 2.75) is 44.7 Å². The van der Waals surface area contributed by atoms with Gasteiger partial charge in [0.25, 0.3) is 0 Å². The van der Waals surface area contributed by atoms with E-state index in [0.717, 1.165) is 5.57 Å². The number of allylic oxidation sites excluding steroid dienone is 1. The van der Waals surface area contributed by atoms with Gasteiger partial charge in [0.1, 0.15) is 6.10 Å². The fourth-order valence-corrected chi connectivity index (χ4v) is 3.92. The third-order valence-electron chi connectivity index (χ3n) is 5.53. The highest BCUT2D eigenvalue weighted by Crippen LogP contribution is 2.64. The Balaban J connectivity index is 2.10. The monoisotopic (exact) mass is 306 g/mol. The van der Waals surface area contributed by atoms with E-state index in [4.69, 9.17) is 9.47 Å². The van der Waals surface area contributed by atoms with E-state index in [1.165, 1.54) is 6.92 Å². The van der Waals surface area contributed by atoms with Crippen LogP contribution in [-0.4, -0.2) is 46.7 Å². The van der Waals surface area contributed by atoms with Gasteiger partial charge in [-0.3, -0.25) is 4.79 Å². The minimum absolute atomic E-state index is 0.0552. The molecule has 0 aromatic carbocycles. The molecule has 0 spiro atoms. The van der Waals surface area contributed by atoms with Crippen LogP contribution in [0.4, 0.5) is 0 Å². The molecule has 2 aliphatic carbocycles. The van der Waals surface area contributed by atoms with Gasteiger partial charge in [-0.1, -0.05) is 32.6 Å². The predicted octanol–water partition coefficient (Wildman–Crippen LogP) is 1.12. The smallest absolute Gasteiger partial charge is 0.303 e. The average Bonchev–Trinajstić information content (AvgIpc) is 3.23. The lowest BCUT2D eigenvalue weighted by Crippen LogP contribution is -2.51. The van der Waals surface area contributed by atoms with Crippen LogP contribution in [0, 0.1) is 11.3 Å². The molecule has 120 valence electrons. The van der Waals surface area contributed by atoms with Gasteiger partial charge in [-0.05, 0) is 23.1 Å². The molecule has 5 nitrogen and oxygen atoms in total. The highest BCUT2D eigenvalue weighted by molar-refractivity contribution is 5.67. The maximum absolute atomic E-state index is 11.4. The Labute approximate surface area is 129 Å². The summed E-state index contributed by atoms with van der Waals surface area (Å²) >= 11 is 0. The number of ether oxygens (including phenoxy) is 2. The Morgan fingerprint density at radius 2 is 2.23 bits per heavy atom. The number of carbonyl (C=O) groups is 1. The molecule has 1 aliphatic heterocycles. The van der Waals surface area contributed by atoms with Crippen LogP contribution in [0.5, 0.6) is 0 Å². The lowest BCUT2D eigenvalue weighted by Gasteiger charge is -2.45. The van der Waals surface area contributed by atoms with Crippen molar-refractivity contribution < 1.29 is 24.5 Å². The van der Waals surface area contributed by atoms with E-state index >= 15 is 0 Å². The van der Waals surface area contributed by atoms with Crippen molar-refractivity contribution in [3.8, 4) is 0 Å². The highest BCUT2D eigenvalue weighted by atomic mass is 16.7. The summed E-state index contributed by atoms with van der Waals surface area (Å²) in [5, 5.41) is 19.7. The molecule has 1 heterocycles. The molecule has 22 heavy (non-hydrogen) atoms. The molecule has 1 saturated heterocycles. The fraction of sp³-hybridized carbons (Fsp3) is 0.588. The van der Waals surface area contributed by atoms with E-state index in [2.05, 4.69) is 6.58 Å². The second-order valence-corrected chi connectivity index (χ2v) is 6.63. The Hall–Kier alpha value is -1.43. The molecule has 5 heteroatoms. The summed E-state index contributed by atoms with van der Waals surface area (Å²) in [7, 11) is 0. The number of aliphatic hydroxyl groups excluding tert-OH is 2. The van der Waals surface area contributed by atoms with E-state index < -0.39 is 29.2 Å². The average molecular weight is 306 g/mol. The minimum Gasteiger partial charge on any atom is -0.455 e. The number of epoxide rings is 1. The van der Waals surface area contributed by atoms with Crippen molar-refractivity contribution in [2.75, 3.05) is 6.61 Å². The molecule has 0 bridgehead atoms. The van der Waals surface area contributed by atoms with Crippen LogP contribution in [-0.2, 0) is 14.3 Å². The van der Waals surface area contributed by atoms with E-state index in [1.807, 2.05) is 26.0 Å². The van der Waals surface area contributed by atoms with Crippen molar-refractivity contribution in [1.29, 1.82) is 0 Å². The molecule has 3 rings (SSSR count). The molecule has 0 saturated carbocycles. The van der Waals surface area contributed by atoms with Crippen LogP contribution < -0.4 is 0 Å². The molecule has 0 aromatic rings. The second kappa shape index (κ2) is 4.78. The van der Waals surface area contributed by atoms with Crippen molar-refractivity contribution in [1.82, 2.24) is 0 Å². The van der Waals surface area contributed by atoms with Gasteiger partial charge < -0.3 is 19.7 Å². The number of esters is 1. The zero-order chi connectivity index (χ0) is 16.3. The topological polar surface area (TPSA) is 79.3 Å². The molecule has 3 aliphatic rings. The molecular formula is C17H22O5. The van der Waals surface area contributed by atoms with Gasteiger partial charge in [0.15, 0.2) is 11.7 Å². The normalized spacial score (nSPS) is 45.4. The third-order valence-corrected chi connectivity index (χ3v) is 5.53. The largest absolute Gasteiger partial charge is 0.455 e. The summed E-state index contributed by atoms with van der Waals surface area (Å²) in [6.45, 7) is 9.03. The quantitative estimate of drug-likeness (QED) is 0.464. The fourth-order valence-electron chi connectivity index (χ4n) is 3.92. The van der Waals surface area contributed by atoms with Gasteiger partial charge in [-0.25, -0.2) is 0 Å². The summed E-state index contributed by atoms with van der Waals surface area (Å²) in [5.74, 6) is -0.460. The van der Waals surface area contributed by atoms with Crippen LogP contribution in [0.2, 0.25) is 0 Å². The molecule has 1 fully saturated rings. The first-order valence-electron chi connectivity index (χ1n) is 7.51. The summed E-state index contributed by atoms with van der Waals surface area (Å²) in [5.41, 5.74) is 0.178. The molecule has 2 N–H and O–H groups in total. The highest BCUT2D eigenvalue weighted by Gasteiger charge is 2.74. The van der Waals surface area contributed by atoms with Crippen LogP contribution >= 0.6 is 0 Å². The first-order valence-corrected chi connectivity index (χ1v) is 7.51. The van der Waals surface area contributed by atoms with Gasteiger partial charge in [0, 0.05) is 12.3 Å². The number of hydrogen-bond acceptors (Lipinski definition) is 5. The van der Waals surface area contributed by atoms with Crippen LogP contribution in [0.3, 0.4) is 0 Å². The summed E-state index contributed by atoms with van der Waals surface area (Å²) in [4.78, 5) is 11.4. The van der Waals surface area contributed by atoms with E-state index in [9.17, 15) is 15.0 Å². The second-order valence-electron chi connectivity index (χ2n) is 6.63. The standard InChI is InChI=1S/C17H22O5/c1-9(8-18)17-14(21-11(3)19)7-12-5-6-13(20)10(2)16(12,4)15(17)22-17/h5-7,10,13-15,18,20H,1,8H2,2-4H3/t10-,13?,14-,15+,16+,17-/m0/s1. The summed E-state index contributed by atoms with van der Waals surface area (Å²) < 4.78 is 11.4. The van der Waals surface area contributed by atoms with Crippen molar-refractivity contribution in [3.63, 3.8) is 0 Å². The predicted molar refractivity (Wildman–Crippen MR) is 79.9 cm³/mol. The zero-order valence-electron chi connectivity index (χ0n) is 13.1. The SMILES string of the molecule is C=C(CO)[C@@]12O[C@@H]1[C@@]1(C)C(=C[C@@H]2OC(C)=O)C=CC(O)[C@@H]1C. The van der Waals surface area contributed by atoms with Gasteiger partial charge in [-0.2, -0.15) is 0 Å². The Morgan fingerprint density at radius 1 is 1.55 bits per heavy atom. The Morgan fingerprint density at radius 3 is 2.82 bits per heavy atom. The number of carbonyl (C=O) groups excluding carboxylic acids is 1. The maximum Gasteiger partial charge on any atom is 0.303 e. The first kappa shape index (κ1) is 15.5. The van der Waals surface area contributed by atoms with Crippen molar-refractivity contribution in [2.24, 2.45) is 11.3 Å². The van der Waals surface area contributed by atoms with E-state index in [0.29, 0.717) is 5.57 Å². The Bertz CT molecular complexity index is 592. The summed E-state index contributed by atoms with van der Waals surface area (Å²) in [6.07, 6.45) is 4.04. The van der Waals surface area contributed by atoms with Crippen LogP contribution in [0.25, 0.3) is 0 Å².